The zero-order chi connectivity index (χ0) is 32.6. The van der Waals surface area contributed by atoms with Crippen LogP contribution in [0.1, 0.15) is 13.8 Å². The Labute approximate surface area is 289 Å². The molecule has 0 atom stereocenters. The van der Waals surface area contributed by atoms with E-state index in [0.29, 0.717) is 0 Å². The van der Waals surface area contributed by atoms with Gasteiger partial charge in [0.1, 0.15) is 0 Å². The molecular formula is C44H34N2S2. The number of benzene rings is 6. The van der Waals surface area contributed by atoms with Crippen molar-refractivity contribution in [2.45, 2.75) is 13.8 Å². The molecule has 0 amide bonds. The molecule has 0 radical (unpaired) electrons. The normalized spacial score (nSPS) is 11.8. The van der Waals surface area contributed by atoms with Crippen molar-refractivity contribution in [3.05, 3.63) is 176 Å². The lowest BCUT2D eigenvalue weighted by molar-refractivity contribution is 1.21. The molecule has 0 bridgehead atoms. The monoisotopic (exact) mass is 654 g/mol. The van der Waals surface area contributed by atoms with Crippen LogP contribution in [0.15, 0.2) is 176 Å². The largest absolute Gasteiger partial charge is 0.311 e. The average molecular weight is 655 g/mol. The van der Waals surface area contributed by atoms with Crippen LogP contribution >= 0.6 is 22.7 Å². The van der Waals surface area contributed by atoms with Gasteiger partial charge in [0.05, 0.1) is 0 Å². The second-order valence-electron chi connectivity index (χ2n) is 12.1. The average Bonchev–Trinajstić information content (AvgIpc) is 3.68. The molecule has 0 N–H and O–H groups in total. The predicted molar refractivity (Wildman–Crippen MR) is 213 cm³/mol. The van der Waals surface area contributed by atoms with E-state index in [0.717, 1.165) is 34.1 Å². The minimum atomic E-state index is 1.03. The van der Waals surface area contributed by atoms with Gasteiger partial charge in [-0.1, -0.05) is 78.9 Å². The minimum Gasteiger partial charge on any atom is -0.311 e. The highest BCUT2D eigenvalue weighted by Gasteiger charge is 2.18. The molecule has 2 aromatic heterocycles. The van der Waals surface area contributed by atoms with Gasteiger partial charge in [0.15, 0.2) is 0 Å². The van der Waals surface area contributed by atoms with Crippen molar-refractivity contribution in [1.82, 2.24) is 0 Å². The van der Waals surface area contributed by atoms with Gasteiger partial charge in [-0.3, -0.25) is 0 Å². The van der Waals surface area contributed by atoms with Crippen molar-refractivity contribution in [2.24, 2.45) is 0 Å². The molecule has 0 aliphatic rings. The van der Waals surface area contributed by atoms with Crippen LogP contribution in [0.25, 0.3) is 40.3 Å². The van der Waals surface area contributed by atoms with Crippen LogP contribution in [0.5, 0.6) is 0 Å². The first-order valence-corrected chi connectivity index (χ1v) is 17.8. The van der Waals surface area contributed by atoms with E-state index >= 15 is 0 Å². The van der Waals surface area contributed by atoms with Gasteiger partial charge >= 0.3 is 0 Å². The third kappa shape index (κ3) is 5.49. The number of anilines is 5. The summed E-state index contributed by atoms with van der Waals surface area (Å²) in [6.45, 7) is 8.41. The smallest absolute Gasteiger partial charge is 0.0476 e. The zero-order valence-corrected chi connectivity index (χ0v) is 28.6. The summed E-state index contributed by atoms with van der Waals surface area (Å²) in [5.74, 6) is 0. The molecule has 4 heteroatoms. The second-order valence-corrected chi connectivity index (χ2v) is 14.3. The maximum Gasteiger partial charge on any atom is 0.0476 e. The van der Waals surface area contributed by atoms with E-state index < -0.39 is 0 Å². The molecule has 0 fully saturated rings. The fourth-order valence-corrected chi connectivity index (χ4v) is 8.63. The van der Waals surface area contributed by atoms with Crippen molar-refractivity contribution < 1.29 is 0 Å². The highest BCUT2D eigenvalue weighted by atomic mass is 32.1. The summed E-state index contributed by atoms with van der Waals surface area (Å²) in [4.78, 5) is 4.66. The van der Waals surface area contributed by atoms with Crippen LogP contribution in [-0.4, -0.2) is 0 Å². The van der Waals surface area contributed by atoms with Crippen LogP contribution in [0.3, 0.4) is 0 Å². The third-order valence-corrected chi connectivity index (χ3v) is 10.9. The molecule has 232 valence electrons. The maximum atomic E-state index is 4.18. The first kappa shape index (κ1) is 29.9. The van der Waals surface area contributed by atoms with Gasteiger partial charge in [-0.15, -0.1) is 22.7 Å². The Kier molecular flexibility index (Phi) is 7.89. The van der Waals surface area contributed by atoms with Crippen LogP contribution in [0.4, 0.5) is 28.4 Å². The number of rotatable bonds is 8. The first-order chi connectivity index (χ1) is 23.6. The molecule has 6 aromatic carbocycles. The number of nitrogens with zero attached hydrogens (tertiary/aromatic N) is 2. The van der Waals surface area contributed by atoms with Crippen molar-refractivity contribution in [3.63, 3.8) is 0 Å². The van der Waals surface area contributed by atoms with E-state index in [9.17, 15) is 0 Å². The number of hydrogen-bond acceptors (Lipinski definition) is 4. The predicted octanol–water partition coefficient (Wildman–Crippen LogP) is 14.1. The zero-order valence-electron chi connectivity index (χ0n) is 26.9. The topological polar surface area (TPSA) is 6.48 Å². The lowest BCUT2D eigenvalue weighted by Crippen LogP contribution is -2.14. The Morgan fingerprint density at radius 2 is 1.02 bits per heavy atom. The van der Waals surface area contributed by atoms with Gasteiger partial charge < -0.3 is 9.80 Å². The van der Waals surface area contributed by atoms with Gasteiger partial charge in [0, 0.05) is 74.5 Å². The molecule has 2 nitrogen and oxygen atoms in total. The second kappa shape index (κ2) is 12.6. The quantitative estimate of drug-likeness (QED) is 0.150. The number of allylic oxidation sites excluding steroid dienone is 4. The fraction of sp³-hybridized carbons (Fsp3) is 0.0455. The fourth-order valence-electron chi connectivity index (χ4n) is 6.42. The third-order valence-electron chi connectivity index (χ3n) is 8.66. The van der Waals surface area contributed by atoms with Crippen LogP contribution in [0, 0.1) is 0 Å². The Hall–Kier alpha value is -5.42. The highest BCUT2D eigenvalue weighted by Crippen LogP contribution is 2.44. The summed E-state index contributed by atoms with van der Waals surface area (Å²) in [6, 6.07) is 50.5. The Morgan fingerprint density at radius 3 is 1.73 bits per heavy atom. The molecular weight excluding hydrogens is 621 g/mol. The summed E-state index contributed by atoms with van der Waals surface area (Å²) in [7, 11) is 0. The molecule has 0 unspecified atom stereocenters. The van der Waals surface area contributed by atoms with Gasteiger partial charge in [-0.05, 0) is 105 Å². The first-order valence-electron chi connectivity index (χ1n) is 16.1. The maximum absolute atomic E-state index is 4.18. The number of hydrogen-bond donors (Lipinski definition) is 0. The van der Waals surface area contributed by atoms with Crippen LogP contribution < -0.4 is 9.80 Å². The lowest BCUT2D eigenvalue weighted by Gasteiger charge is -2.26. The summed E-state index contributed by atoms with van der Waals surface area (Å²) >= 11 is 3.70. The van der Waals surface area contributed by atoms with Crippen LogP contribution in [0.2, 0.25) is 0 Å². The van der Waals surface area contributed by atoms with Crippen LogP contribution in [-0.2, 0) is 0 Å². The standard InChI is InChI=1S/C44H34N2S2/c1-4-31(20-19-30(2)3)45(32-13-7-5-8-14-32)34-22-26-43-40(27-34)38-24-21-36(29-44(38)48-43)46(33-15-9-6-10-16-33)35-23-25-42-39(28-35)37-17-11-12-18-41(37)47-42/h4-29H,1H2,2-3H3/b31-20+. The summed E-state index contributed by atoms with van der Waals surface area (Å²) in [6.07, 6.45) is 6.22. The van der Waals surface area contributed by atoms with E-state index in [1.54, 1.807) is 0 Å². The van der Waals surface area contributed by atoms with Crippen molar-refractivity contribution in [1.29, 1.82) is 0 Å². The van der Waals surface area contributed by atoms with Crippen molar-refractivity contribution in [3.8, 4) is 0 Å². The minimum absolute atomic E-state index is 1.03. The molecule has 2 heterocycles. The number of thiophene rings is 2. The molecule has 0 aliphatic carbocycles. The molecule has 0 spiro atoms. The van der Waals surface area contributed by atoms with Crippen molar-refractivity contribution >= 4 is 91.5 Å². The number of fused-ring (bicyclic) bond motifs is 6. The Bertz CT molecular complexity index is 2500. The summed E-state index contributed by atoms with van der Waals surface area (Å²) < 4.78 is 5.16. The Morgan fingerprint density at radius 1 is 0.479 bits per heavy atom. The summed E-state index contributed by atoms with van der Waals surface area (Å²) in [5, 5.41) is 5.12. The van der Waals surface area contributed by atoms with E-state index in [1.165, 1.54) is 45.9 Å². The molecule has 48 heavy (non-hydrogen) atoms. The van der Waals surface area contributed by atoms with Gasteiger partial charge in [-0.25, -0.2) is 0 Å². The molecule has 0 saturated heterocycles. The molecule has 8 aromatic rings. The SMILES string of the molecule is C=C/C(=C\C=C(C)C)N(c1ccccc1)c1ccc2sc3cc(N(c4ccccc4)c4ccc5sc6ccccc6c5c4)ccc3c2c1. The van der Waals surface area contributed by atoms with Gasteiger partial charge in [0.25, 0.3) is 0 Å². The van der Waals surface area contributed by atoms with Gasteiger partial charge in [0.2, 0.25) is 0 Å². The molecule has 0 saturated carbocycles. The van der Waals surface area contributed by atoms with E-state index in [1.807, 2.05) is 28.7 Å². The molecule has 0 aliphatic heterocycles. The number of para-hydroxylation sites is 2. The van der Waals surface area contributed by atoms with E-state index in [4.69, 9.17) is 0 Å². The summed E-state index contributed by atoms with van der Waals surface area (Å²) in [5.41, 5.74) is 7.90. The Balaban J connectivity index is 1.26. The van der Waals surface area contributed by atoms with E-state index in [-0.39, 0.29) is 0 Å². The molecule has 8 rings (SSSR count). The lowest BCUT2D eigenvalue weighted by atomic mass is 10.1. The van der Waals surface area contributed by atoms with E-state index in [2.05, 4.69) is 182 Å². The van der Waals surface area contributed by atoms with Crippen molar-refractivity contribution in [2.75, 3.05) is 9.80 Å². The highest BCUT2D eigenvalue weighted by molar-refractivity contribution is 7.26. The van der Waals surface area contributed by atoms with Gasteiger partial charge in [-0.2, -0.15) is 0 Å².